The van der Waals surface area contributed by atoms with Crippen LogP contribution in [0.25, 0.3) is 0 Å². The number of hydrogen-bond donors (Lipinski definition) is 0. The zero-order valence-corrected chi connectivity index (χ0v) is 8.72. The predicted molar refractivity (Wildman–Crippen MR) is 53.2 cm³/mol. The summed E-state index contributed by atoms with van der Waals surface area (Å²) in [6.45, 7) is 4.13. The van der Waals surface area contributed by atoms with Crippen molar-refractivity contribution < 1.29 is 4.39 Å². The van der Waals surface area contributed by atoms with Crippen LogP contribution in [0.1, 0.15) is 25.3 Å². The molecule has 0 N–H and O–H groups in total. The molecule has 2 heteroatoms. The maximum atomic E-state index is 12.7. The minimum Gasteiger partial charge on any atom is -0.207 e. The van der Waals surface area contributed by atoms with Crippen LogP contribution in [0.4, 0.5) is 4.39 Å². The first kappa shape index (κ1) is 8.97. The first-order valence-electron chi connectivity index (χ1n) is 3.56. The molecule has 1 aromatic carbocycles. The molecule has 0 nitrogen and oxygen atoms in total. The third-order valence-electron chi connectivity index (χ3n) is 1.58. The lowest BCUT2D eigenvalue weighted by Gasteiger charge is -2.07. The standard InChI is InChI=1S/C9H10FI/c1-6(2)8-5-7(10)3-4-9(8)11/h3-6H,1-2H3. The van der Waals surface area contributed by atoms with E-state index in [0.717, 1.165) is 9.13 Å². The fourth-order valence-corrected chi connectivity index (χ4v) is 1.92. The van der Waals surface area contributed by atoms with E-state index >= 15 is 0 Å². The number of benzene rings is 1. The molecule has 0 bridgehead atoms. The highest BCUT2D eigenvalue weighted by atomic mass is 127. The van der Waals surface area contributed by atoms with Gasteiger partial charge in [-0.1, -0.05) is 13.8 Å². The van der Waals surface area contributed by atoms with E-state index in [1.165, 1.54) is 6.07 Å². The van der Waals surface area contributed by atoms with Gasteiger partial charge < -0.3 is 0 Å². The van der Waals surface area contributed by atoms with E-state index in [9.17, 15) is 4.39 Å². The van der Waals surface area contributed by atoms with Crippen LogP contribution >= 0.6 is 22.6 Å². The van der Waals surface area contributed by atoms with Gasteiger partial charge in [-0.05, 0) is 52.3 Å². The Morgan fingerprint density at radius 1 is 1.36 bits per heavy atom. The maximum Gasteiger partial charge on any atom is 0.123 e. The summed E-state index contributed by atoms with van der Waals surface area (Å²) in [5.74, 6) is 0.256. The van der Waals surface area contributed by atoms with Crippen LogP contribution in [0.15, 0.2) is 18.2 Å². The number of halogens is 2. The molecule has 1 rings (SSSR count). The lowest BCUT2D eigenvalue weighted by Crippen LogP contribution is -1.92. The summed E-state index contributed by atoms with van der Waals surface area (Å²) < 4.78 is 13.8. The SMILES string of the molecule is CC(C)c1cc(F)ccc1I. The molecule has 0 aliphatic heterocycles. The Kier molecular flexibility index (Phi) is 2.87. The Morgan fingerprint density at radius 3 is 2.45 bits per heavy atom. The second-order valence-corrected chi connectivity index (χ2v) is 3.98. The van der Waals surface area contributed by atoms with Crippen LogP contribution in [0.2, 0.25) is 0 Å². The molecular formula is C9H10FI. The van der Waals surface area contributed by atoms with Crippen molar-refractivity contribution in [2.75, 3.05) is 0 Å². The molecule has 0 unspecified atom stereocenters. The highest BCUT2D eigenvalue weighted by molar-refractivity contribution is 14.1. The van der Waals surface area contributed by atoms with Crippen molar-refractivity contribution in [1.29, 1.82) is 0 Å². The van der Waals surface area contributed by atoms with Crippen LogP contribution in [0.3, 0.4) is 0 Å². The van der Waals surface area contributed by atoms with Gasteiger partial charge in [0.2, 0.25) is 0 Å². The van der Waals surface area contributed by atoms with E-state index in [4.69, 9.17) is 0 Å². The summed E-state index contributed by atoms with van der Waals surface area (Å²) in [5, 5.41) is 0. The zero-order valence-electron chi connectivity index (χ0n) is 6.57. The predicted octanol–water partition coefficient (Wildman–Crippen LogP) is 3.55. The Balaban J connectivity index is 3.13. The van der Waals surface area contributed by atoms with Crippen molar-refractivity contribution in [3.8, 4) is 0 Å². The van der Waals surface area contributed by atoms with Crippen molar-refractivity contribution >= 4 is 22.6 Å². The van der Waals surface area contributed by atoms with Crippen LogP contribution < -0.4 is 0 Å². The second kappa shape index (κ2) is 3.52. The van der Waals surface area contributed by atoms with Gasteiger partial charge >= 0.3 is 0 Å². The van der Waals surface area contributed by atoms with Gasteiger partial charge in [0.1, 0.15) is 5.82 Å². The molecule has 0 atom stereocenters. The fourth-order valence-electron chi connectivity index (χ4n) is 0.957. The lowest BCUT2D eigenvalue weighted by molar-refractivity contribution is 0.622. The normalized spacial score (nSPS) is 10.6. The molecule has 60 valence electrons. The molecule has 0 amide bonds. The topological polar surface area (TPSA) is 0 Å². The Morgan fingerprint density at radius 2 is 2.00 bits per heavy atom. The van der Waals surface area contributed by atoms with Crippen LogP contribution in [-0.4, -0.2) is 0 Å². The van der Waals surface area contributed by atoms with Gasteiger partial charge in [0.05, 0.1) is 0 Å². The van der Waals surface area contributed by atoms with Gasteiger partial charge in [0, 0.05) is 3.57 Å². The highest BCUT2D eigenvalue weighted by Crippen LogP contribution is 2.21. The van der Waals surface area contributed by atoms with E-state index in [1.54, 1.807) is 6.07 Å². The molecule has 0 fully saturated rings. The molecule has 0 saturated heterocycles. The monoisotopic (exact) mass is 264 g/mol. The van der Waals surface area contributed by atoms with E-state index in [1.807, 2.05) is 6.07 Å². The second-order valence-electron chi connectivity index (χ2n) is 2.82. The molecule has 0 aliphatic rings. The van der Waals surface area contributed by atoms with Gasteiger partial charge in [-0.15, -0.1) is 0 Å². The van der Waals surface area contributed by atoms with Crippen molar-refractivity contribution in [1.82, 2.24) is 0 Å². The molecule has 1 aromatic rings. The Hall–Kier alpha value is -0.120. The quantitative estimate of drug-likeness (QED) is 0.680. The van der Waals surface area contributed by atoms with E-state index < -0.39 is 0 Å². The van der Waals surface area contributed by atoms with Gasteiger partial charge in [-0.25, -0.2) is 4.39 Å². The van der Waals surface area contributed by atoms with Crippen molar-refractivity contribution in [3.63, 3.8) is 0 Å². The largest absolute Gasteiger partial charge is 0.207 e. The summed E-state index contributed by atoms with van der Waals surface area (Å²) in [5.41, 5.74) is 1.09. The van der Waals surface area contributed by atoms with Crippen LogP contribution in [-0.2, 0) is 0 Å². The molecule has 0 aromatic heterocycles. The lowest BCUT2D eigenvalue weighted by atomic mass is 10.0. The number of rotatable bonds is 1. The smallest absolute Gasteiger partial charge is 0.123 e. The summed E-state index contributed by atoms with van der Waals surface area (Å²) in [6, 6.07) is 4.91. The summed E-state index contributed by atoms with van der Waals surface area (Å²) in [6.07, 6.45) is 0. The minimum absolute atomic E-state index is 0.144. The Bertz CT molecular complexity index is 256. The van der Waals surface area contributed by atoms with E-state index in [2.05, 4.69) is 36.4 Å². The third kappa shape index (κ3) is 2.15. The first-order chi connectivity index (χ1) is 5.11. The first-order valence-corrected chi connectivity index (χ1v) is 4.64. The van der Waals surface area contributed by atoms with Gasteiger partial charge in [0.15, 0.2) is 0 Å². The average Bonchev–Trinajstić information content (AvgIpc) is 1.94. The molecule has 0 saturated carbocycles. The van der Waals surface area contributed by atoms with Gasteiger partial charge in [0.25, 0.3) is 0 Å². The number of hydrogen-bond acceptors (Lipinski definition) is 0. The molecule has 0 heterocycles. The molecule has 11 heavy (non-hydrogen) atoms. The summed E-state index contributed by atoms with van der Waals surface area (Å²) in [7, 11) is 0. The van der Waals surface area contributed by atoms with Gasteiger partial charge in [-0.2, -0.15) is 0 Å². The molecule has 0 spiro atoms. The molecule has 0 aliphatic carbocycles. The molecule has 0 radical (unpaired) electrons. The summed E-state index contributed by atoms with van der Waals surface area (Å²) >= 11 is 2.23. The van der Waals surface area contributed by atoms with Crippen LogP contribution in [0.5, 0.6) is 0 Å². The average molecular weight is 264 g/mol. The van der Waals surface area contributed by atoms with Crippen molar-refractivity contribution in [3.05, 3.63) is 33.1 Å². The third-order valence-corrected chi connectivity index (χ3v) is 2.56. The van der Waals surface area contributed by atoms with Crippen LogP contribution in [0, 0.1) is 9.39 Å². The minimum atomic E-state index is -0.144. The maximum absolute atomic E-state index is 12.7. The van der Waals surface area contributed by atoms with Gasteiger partial charge in [-0.3, -0.25) is 0 Å². The fraction of sp³-hybridized carbons (Fsp3) is 0.333. The molecular weight excluding hydrogens is 254 g/mol. The highest BCUT2D eigenvalue weighted by Gasteiger charge is 2.04. The Labute approximate surface area is 80.0 Å². The zero-order chi connectivity index (χ0) is 8.43. The van der Waals surface area contributed by atoms with Crippen molar-refractivity contribution in [2.45, 2.75) is 19.8 Å². The van der Waals surface area contributed by atoms with E-state index in [-0.39, 0.29) is 5.82 Å². The van der Waals surface area contributed by atoms with E-state index in [0.29, 0.717) is 5.92 Å². The summed E-state index contributed by atoms with van der Waals surface area (Å²) in [4.78, 5) is 0. The van der Waals surface area contributed by atoms with Crippen molar-refractivity contribution in [2.24, 2.45) is 0 Å².